The standard InChI is InChI=1S/C28H25F5N2O5S/c1-16-19(11-13-23(40-2)25(16)30)26(27(37,28(31,32)33)15-41(3,38)39)34-21-5-4-6-22-20(21)12-14-24(36)35(22)18-9-7-17(29)8-10-18/h4-14,26,34,37H,15H2,1-3H3. The number of benzene rings is 3. The number of methoxy groups -OCH3 is 1. The minimum atomic E-state index is -5.50. The van der Waals surface area contributed by atoms with Gasteiger partial charge in [-0.25, -0.2) is 17.2 Å². The second-order valence-electron chi connectivity index (χ2n) is 9.59. The number of anilines is 1. The molecule has 0 saturated heterocycles. The minimum Gasteiger partial charge on any atom is -0.494 e. The molecule has 0 aliphatic heterocycles. The first-order chi connectivity index (χ1) is 19.1. The molecule has 2 unspecified atom stereocenters. The van der Waals surface area contributed by atoms with E-state index in [1.165, 1.54) is 55.0 Å². The molecule has 4 aromatic rings. The van der Waals surface area contributed by atoms with Crippen molar-refractivity contribution in [3.8, 4) is 11.4 Å². The minimum absolute atomic E-state index is 0.0323. The number of hydrogen-bond acceptors (Lipinski definition) is 6. The highest BCUT2D eigenvalue weighted by Crippen LogP contribution is 2.45. The van der Waals surface area contributed by atoms with Gasteiger partial charge in [0.15, 0.2) is 27.0 Å². The first-order valence-electron chi connectivity index (χ1n) is 12.0. The summed E-state index contributed by atoms with van der Waals surface area (Å²) in [5.41, 5.74) is -4.70. The van der Waals surface area contributed by atoms with Crippen LogP contribution in [0.2, 0.25) is 0 Å². The Labute approximate surface area is 231 Å². The fourth-order valence-electron chi connectivity index (χ4n) is 4.74. The molecule has 218 valence electrons. The van der Waals surface area contributed by atoms with Gasteiger partial charge in [0.05, 0.1) is 24.4 Å². The van der Waals surface area contributed by atoms with Crippen LogP contribution in [0.3, 0.4) is 0 Å². The Morgan fingerprint density at radius 1 is 1.00 bits per heavy atom. The molecule has 0 bridgehead atoms. The largest absolute Gasteiger partial charge is 0.494 e. The van der Waals surface area contributed by atoms with E-state index in [2.05, 4.69) is 5.32 Å². The summed E-state index contributed by atoms with van der Waals surface area (Å²) in [7, 11) is -3.28. The van der Waals surface area contributed by atoms with Crippen LogP contribution >= 0.6 is 0 Å². The van der Waals surface area contributed by atoms with E-state index in [0.29, 0.717) is 6.26 Å². The molecule has 7 nitrogen and oxygen atoms in total. The molecule has 1 aromatic heterocycles. The monoisotopic (exact) mass is 596 g/mol. The van der Waals surface area contributed by atoms with E-state index < -0.39 is 50.6 Å². The number of aliphatic hydroxyl groups is 1. The van der Waals surface area contributed by atoms with Crippen molar-refractivity contribution in [3.05, 3.63) is 99.8 Å². The van der Waals surface area contributed by atoms with Crippen molar-refractivity contribution in [3.63, 3.8) is 0 Å². The SMILES string of the molecule is COc1ccc(C(Nc2cccc3c2ccc(=O)n3-c2ccc(F)cc2)C(O)(CS(C)(=O)=O)C(F)(F)F)c(C)c1F. The van der Waals surface area contributed by atoms with Crippen molar-refractivity contribution in [2.45, 2.75) is 24.7 Å². The van der Waals surface area contributed by atoms with Crippen LogP contribution in [0.25, 0.3) is 16.6 Å². The quantitative estimate of drug-likeness (QED) is 0.276. The molecular weight excluding hydrogens is 571 g/mol. The predicted octanol–water partition coefficient (Wildman–Crippen LogP) is 5.08. The summed E-state index contributed by atoms with van der Waals surface area (Å²) in [6.45, 7) is 1.18. The number of nitrogens with zero attached hydrogens (tertiary/aromatic N) is 1. The number of alkyl halides is 3. The van der Waals surface area contributed by atoms with Gasteiger partial charge < -0.3 is 15.2 Å². The summed E-state index contributed by atoms with van der Waals surface area (Å²) < 4.78 is 103. The normalized spacial score (nSPS) is 14.5. The number of pyridine rings is 1. The van der Waals surface area contributed by atoms with Crippen LogP contribution in [0.1, 0.15) is 17.2 Å². The molecule has 2 N–H and O–H groups in total. The lowest BCUT2D eigenvalue weighted by Gasteiger charge is -2.39. The zero-order valence-corrected chi connectivity index (χ0v) is 22.8. The van der Waals surface area contributed by atoms with Crippen LogP contribution in [-0.2, 0) is 9.84 Å². The highest BCUT2D eigenvalue weighted by atomic mass is 32.2. The Balaban J connectivity index is 1.99. The van der Waals surface area contributed by atoms with E-state index in [4.69, 9.17) is 4.74 Å². The lowest BCUT2D eigenvalue weighted by molar-refractivity contribution is -0.257. The lowest BCUT2D eigenvalue weighted by atomic mass is 9.86. The van der Waals surface area contributed by atoms with Gasteiger partial charge in [-0.15, -0.1) is 0 Å². The number of halogens is 5. The third-order valence-corrected chi connectivity index (χ3v) is 7.66. The number of nitrogens with one attached hydrogen (secondary N) is 1. The highest BCUT2D eigenvalue weighted by Gasteiger charge is 2.61. The number of fused-ring (bicyclic) bond motifs is 1. The summed E-state index contributed by atoms with van der Waals surface area (Å²) in [4.78, 5) is 12.8. The zero-order valence-electron chi connectivity index (χ0n) is 22.0. The van der Waals surface area contributed by atoms with Crippen molar-refractivity contribution in [1.82, 2.24) is 4.57 Å². The Kier molecular flexibility index (Phi) is 7.89. The molecule has 41 heavy (non-hydrogen) atoms. The summed E-state index contributed by atoms with van der Waals surface area (Å²) in [6, 6.07) is 11.7. The maximum atomic E-state index is 15.1. The van der Waals surface area contributed by atoms with Crippen LogP contribution in [0.15, 0.2) is 71.5 Å². The summed E-state index contributed by atoms with van der Waals surface area (Å²) in [6.07, 6.45) is -4.96. The molecule has 3 aromatic carbocycles. The van der Waals surface area contributed by atoms with E-state index in [1.807, 2.05) is 0 Å². The molecule has 2 atom stereocenters. The fourth-order valence-corrected chi connectivity index (χ4v) is 5.87. The maximum Gasteiger partial charge on any atom is 0.420 e. The van der Waals surface area contributed by atoms with Gasteiger partial charge in [0.25, 0.3) is 5.56 Å². The van der Waals surface area contributed by atoms with E-state index >= 15 is 4.39 Å². The van der Waals surface area contributed by atoms with Crippen molar-refractivity contribution in [2.75, 3.05) is 24.4 Å². The first kappa shape index (κ1) is 30.0. The molecule has 1 heterocycles. The van der Waals surface area contributed by atoms with Gasteiger partial charge in [-0.3, -0.25) is 9.36 Å². The van der Waals surface area contributed by atoms with E-state index in [-0.39, 0.29) is 39.2 Å². The van der Waals surface area contributed by atoms with Crippen molar-refractivity contribution in [1.29, 1.82) is 0 Å². The smallest absolute Gasteiger partial charge is 0.420 e. The molecule has 0 fully saturated rings. The molecule has 0 saturated carbocycles. The van der Waals surface area contributed by atoms with Crippen LogP contribution in [0, 0.1) is 18.6 Å². The third kappa shape index (κ3) is 5.77. The van der Waals surface area contributed by atoms with Gasteiger partial charge in [-0.1, -0.05) is 12.1 Å². The van der Waals surface area contributed by atoms with Crippen molar-refractivity contribution >= 4 is 26.4 Å². The Bertz CT molecular complexity index is 1770. The fraction of sp³-hybridized carbons (Fsp3) is 0.250. The van der Waals surface area contributed by atoms with E-state index in [1.54, 1.807) is 0 Å². The molecule has 0 aliphatic rings. The van der Waals surface area contributed by atoms with Crippen LogP contribution < -0.4 is 15.6 Å². The molecule has 4 rings (SSSR count). The number of rotatable bonds is 8. The summed E-state index contributed by atoms with van der Waals surface area (Å²) in [5.74, 6) is -3.55. The van der Waals surface area contributed by atoms with Crippen LogP contribution in [0.4, 0.5) is 27.6 Å². The van der Waals surface area contributed by atoms with Crippen LogP contribution in [0.5, 0.6) is 5.75 Å². The summed E-state index contributed by atoms with van der Waals surface area (Å²) >= 11 is 0. The van der Waals surface area contributed by atoms with Gasteiger partial charge in [-0.05, 0) is 66.6 Å². The Hall–Kier alpha value is -3.97. The van der Waals surface area contributed by atoms with Gasteiger partial charge in [0.2, 0.25) is 0 Å². The van der Waals surface area contributed by atoms with Gasteiger partial charge in [0.1, 0.15) is 5.82 Å². The van der Waals surface area contributed by atoms with E-state index in [9.17, 15) is 35.9 Å². The first-order valence-corrected chi connectivity index (χ1v) is 14.1. The van der Waals surface area contributed by atoms with Crippen molar-refractivity contribution < 1.29 is 40.2 Å². The number of ether oxygens (including phenoxy) is 1. The second-order valence-corrected chi connectivity index (χ2v) is 11.7. The number of aromatic nitrogens is 1. The third-order valence-electron chi connectivity index (χ3n) is 6.70. The van der Waals surface area contributed by atoms with Gasteiger partial charge in [-0.2, -0.15) is 13.2 Å². The number of hydrogen-bond donors (Lipinski definition) is 2. The lowest BCUT2D eigenvalue weighted by Crippen LogP contribution is -2.57. The van der Waals surface area contributed by atoms with Gasteiger partial charge >= 0.3 is 6.18 Å². The number of sulfone groups is 1. The highest BCUT2D eigenvalue weighted by molar-refractivity contribution is 7.90. The Morgan fingerprint density at radius 3 is 2.24 bits per heavy atom. The average molecular weight is 597 g/mol. The molecule has 0 aliphatic carbocycles. The maximum absolute atomic E-state index is 15.1. The zero-order chi connectivity index (χ0) is 30.3. The Morgan fingerprint density at radius 2 is 1.66 bits per heavy atom. The molecule has 0 amide bonds. The summed E-state index contributed by atoms with van der Waals surface area (Å²) in [5, 5.41) is 14.0. The van der Waals surface area contributed by atoms with Crippen molar-refractivity contribution in [2.24, 2.45) is 0 Å². The topological polar surface area (TPSA) is 97.6 Å². The molecule has 13 heteroatoms. The molecule has 0 spiro atoms. The van der Waals surface area contributed by atoms with Gasteiger partial charge in [0, 0.05) is 29.1 Å². The predicted molar refractivity (Wildman–Crippen MR) is 144 cm³/mol. The second kappa shape index (κ2) is 10.8. The average Bonchev–Trinajstić information content (AvgIpc) is 2.88. The van der Waals surface area contributed by atoms with Crippen LogP contribution in [-0.4, -0.2) is 49.0 Å². The molecule has 0 radical (unpaired) electrons. The van der Waals surface area contributed by atoms with E-state index in [0.717, 1.165) is 30.3 Å². The molecular formula is C28H25F5N2O5S.